The molecule has 0 spiro atoms. The molecule has 0 saturated heterocycles. The molecule has 2 rings (SSSR count). The zero-order valence-electron chi connectivity index (χ0n) is 14.7. The summed E-state index contributed by atoms with van der Waals surface area (Å²) in [6.45, 7) is 1.07. The SMILES string of the molecule is COC(=O)c1cc(C(=O)NCCN(C)C)cc(-c2ccsc2C(F)F)c1. The Kier molecular flexibility index (Phi) is 6.82. The first kappa shape index (κ1) is 20.0. The van der Waals surface area contributed by atoms with Crippen LogP contribution in [0.2, 0.25) is 0 Å². The number of hydrogen-bond donors (Lipinski definition) is 1. The number of ether oxygens (including phenoxy) is 1. The van der Waals surface area contributed by atoms with Gasteiger partial charge in [0.1, 0.15) is 0 Å². The van der Waals surface area contributed by atoms with Crippen LogP contribution in [-0.2, 0) is 4.74 Å². The van der Waals surface area contributed by atoms with Crippen molar-refractivity contribution < 1.29 is 23.1 Å². The van der Waals surface area contributed by atoms with E-state index in [2.05, 4.69) is 5.32 Å². The van der Waals surface area contributed by atoms with Gasteiger partial charge in [0.2, 0.25) is 0 Å². The number of likely N-dealkylation sites (N-methyl/N-ethyl adjacent to an activating group) is 1. The van der Waals surface area contributed by atoms with Crippen LogP contribution in [0.3, 0.4) is 0 Å². The van der Waals surface area contributed by atoms with E-state index < -0.39 is 12.4 Å². The number of alkyl halides is 2. The quantitative estimate of drug-likeness (QED) is 0.746. The van der Waals surface area contributed by atoms with Crippen LogP contribution in [0.5, 0.6) is 0 Å². The highest BCUT2D eigenvalue weighted by molar-refractivity contribution is 7.10. The fourth-order valence-corrected chi connectivity index (χ4v) is 3.14. The maximum absolute atomic E-state index is 13.2. The molecule has 26 heavy (non-hydrogen) atoms. The zero-order chi connectivity index (χ0) is 19.3. The number of thiophene rings is 1. The summed E-state index contributed by atoms with van der Waals surface area (Å²) < 4.78 is 31.1. The molecule has 0 aliphatic carbocycles. The van der Waals surface area contributed by atoms with Gasteiger partial charge in [-0.3, -0.25) is 4.79 Å². The molecule has 1 N–H and O–H groups in total. The maximum atomic E-state index is 13.2. The van der Waals surface area contributed by atoms with Crippen molar-refractivity contribution in [3.63, 3.8) is 0 Å². The summed E-state index contributed by atoms with van der Waals surface area (Å²) >= 11 is 0.932. The predicted octanol–water partition coefficient (Wildman–Crippen LogP) is 3.43. The van der Waals surface area contributed by atoms with E-state index in [0.29, 0.717) is 24.2 Å². The normalized spacial score (nSPS) is 11.0. The van der Waals surface area contributed by atoms with E-state index in [1.807, 2.05) is 19.0 Å². The number of esters is 1. The highest BCUT2D eigenvalue weighted by atomic mass is 32.1. The van der Waals surface area contributed by atoms with Gasteiger partial charge in [-0.1, -0.05) is 0 Å². The molecule has 1 aromatic heterocycles. The smallest absolute Gasteiger partial charge is 0.337 e. The fraction of sp³-hybridized carbons (Fsp3) is 0.333. The highest BCUT2D eigenvalue weighted by Crippen LogP contribution is 2.36. The molecule has 140 valence electrons. The summed E-state index contributed by atoms with van der Waals surface area (Å²) in [6.07, 6.45) is -2.64. The summed E-state index contributed by atoms with van der Waals surface area (Å²) in [4.78, 5) is 26.1. The minimum atomic E-state index is -2.64. The highest BCUT2D eigenvalue weighted by Gasteiger charge is 2.19. The first-order valence-corrected chi connectivity index (χ1v) is 8.73. The molecule has 8 heteroatoms. The molecular weight excluding hydrogens is 362 g/mol. The molecule has 0 atom stereocenters. The lowest BCUT2D eigenvalue weighted by molar-refractivity contribution is 0.0600. The molecule has 0 unspecified atom stereocenters. The largest absolute Gasteiger partial charge is 0.465 e. The van der Waals surface area contributed by atoms with Gasteiger partial charge in [0, 0.05) is 24.2 Å². The molecule has 0 aliphatic rings. The van der Waals surface area contributed by atoms with Crippen molar-refractivity contribution in [3.05, 3.63) is 45.6 Å². The van der Waals surface area contributed by atoms with Gasteiger partial charge in [-0.2, -0.15) is 0 Å². The number of rotatable bonds is 7. The number of nitrogens with one attached hydrogen (secondary N) is 1. The maximum Gasteiger partial charge on any atom is 0.337 e. The minimum absolute atomic E-state index is 0.106. The first-order chi connectivity index (χ1) is 12.3. The van der Waals surface area contributed by atoms with Gasteiger partial charge >= 0.3 is 5.97 Å². The Labute approximate surface area is 154 Å². The van der Waals surface area contributed by atoms with Crippen LogP contribution < -0.4 is 5.32 Å². The summed E-state index contributed by atoms with van der Waals surface area (Å²) in [6, 6.07) is 5.91. The second-order valence-electron chi connectivity index (χ2n) is 5.85. The third-order valence-electron chi connectivity index (χ3n) is 3.67. The molecule has 2 aromatic rings. The third-order valence-corrected chi connectivity index (χ3v) is 4.59. The topological polar surface area (TPSA) is 58.6 Å². The van der Waals surface area contributed by atoms with Crippen LogP contribution in [0.25, 0.3) is 11.1 Å². The molecule has 0 radical (unpaired) electrons. The van der Waals surface area contributed by atoms with E-state index in [9.17, 15) is 18.4 Å². The van der Waals surface area contributed by atoms with Gasteiger partial charge in [-0.05, 0) is 49.3 Å². The summed E-state index contributed by atoms with van der Waals surface area (Å²) in [7, 11) is 4.98. The molecule has 0 aliphatic heterocycles. The van der Waals surface area contributed by atoms with E-state index >= 15 is 0 Å². The van der Waals surface area contributed by atoms with Crippen molar-refractivity contribution >= 4 is 23.2 Å². The second-order valence-corrected chi connectivity index (χ2v) is 6.80. The van der Waals surface area contributed by atoms with Crippen molar-refractivity contribution in [1.29, 1.82) is 0 Å². The summed E-state index contributed by atoms with van der Waals surface area (Å²) in [5.41, 5.74) is 1.03. The van der Waals surface area contributed by atoms with Gasteiger partial charge in [-0.15, -0.1) is 11.3 Å². The van der Waals surface area contributed by atoms with E-state index in [1.165, 1.54) is 25.3 Å². The Balaban J connectivity index is 2.41. The fourth-order valence-electron chi connectivity index (χ4n) is 2.37. The van der Waals surface area contributed by atoms with Crippen molar-refractivity contribution in [2.24, 2.45) is 0 Å². The van der Waals surface area contributed by atoms with Crippen LogP contribution >= 0.6 is 11.3 Å². The van der Waals surface area contributed by atoms with Gasteiger partial charge in [0.15, 0.2) is 0 Å². The number of benzene rings is 1. The number of hydrogen-bond acceptors (Lipinski definition) is 5. The average molecular weight is 382 g/mol. The van der Waals surface area contributed by atoms with Crippen LogP contribution in [-0.4, -0.2) is 51.1 Å². The molecule has 1 aromatic carbocycles. The second kappa shape index (κ2) is 8.86. The molecule has 1 heterocycles. The summed E-state index contributed by atoms with van der Waals surface area (Å²) in [5.74, 6) is -1.02. The molecule has 0 fully saturated rings. The monoisotopic (exact) mass is 382 g/mol. The number of carbonyl (C=O) groups excluding carboxylic acids is 2. The number of amides is 1. The average Bonchev–Trinajstić information content (AvgIpc) is 3.10. The van der Waals surface area contributed by atoms with E-state index in [4.69, 9.17) is 4.74 Å². The lowest BCUT2D eigenvalue weighted by Crippen LogP contribution is -2.31. The van der Waals surface area contributed by atoms with Gasteiger partial charge < -0.3 is 15.0 Å². The zero-order valence-corrected chi connectivity index (χ0v) is 15.5. The molecule has 1 amide bonds. The lowest BCUT2D eigenvalue weighted by atomic mass is 9.99. The number of halogens is 2. The van der Waals surface area contributed by atoms with Gasteiger partial charge in [0.25, 0.3) is 12.3 Å². The predicted molar refractivity (Wildman–Crippen MR) is 96.9 cm³/mol. The number of carbonyl (C=O) groups is 2. The molecule has 0 saturated carbocycles. The Morgan fingerprint density at radius 1 is 1.23 bits per heavy atom. The van der Waals surface area contributed by atoms with E-state index in [-0.39, 0.29) is 21.9 Å². The van der Waals surface area contributed by atoms with E-state index in [0.717, 1.165) is 11.3 Å². The lowest BCUT2D eigenvalue weighted by Gasteiger charge is -2.12. The van der Waals surface area contributed by atoms with Gasteiger partial charge in [0.05, 0.1) is 17.6 Å². The third kappa shape index (κ3) is 4.86. The van der Waals surface area contributed by atoms with Crippen molar-refractivity contribution in [2.45, 2.75) is 6.43 Å². The Hall–Kier alpha value is -2.32. The number of methoxy groups -OCH3 is 1. The Bertz CT molecular complexity index is 790. The van der Waals surface area contributed by atoms with Crippen molar-refractivity contribution in [1.82, 2.24) is 10.2 Å². The Morgan fingerprint density at radius 3 is 2.54 bits per heavy atom. The number of nitrogens with zero attached hydrogens (tertiary/aromatic N) is 1. The molecular formula is C18H20F2N2O3S. The standard InChI is InChI=1S/C18H20F2N2O3S/c1-22(2)6-5-21-17(23)12-8-11(9-13(10-12)18(24)25-3)14-4-7-26-15(14)16(19)20/h4,7-10,16H,5-6H2,1-3H3,(H,21,23). The van der Waals surface area contributed by atoms with Crippen LogP contribution in [0.1, 0.15) is 32.0 Å². The summed E-state index contributed by atoms with van der Waals surface area (Å²) in [5, 5.41) is 4.30. The van der Waals surface area contributed by atoms with Crippen molar-refractivity contribution in [2.75, 3.05) is 34.3 Å². The van der Waals surface area contributed by atoms with Crippen molar-refractivity contribution in [3.8, 4) is 11.1 Å². The van der Waals surface area contributed by atoms with Crippen LogP contribution in [0.15, 0.2) is 29.6 Å². The van der Waals surface area contributed by atoms with Gasteiger partial charge in [-0.25, -0.2) is 13.6 Å². The first-order valence-electron chi connectivity index (χ1n) is 7.85. The molecule has 0 bridgehead atoms. The minimum Gasteiger partial charge on any atom is -0.465 e. The van der Waals surface area contributed by atoms with Crippen LogP contribution in [0, 0.1) is 0 Å². The molecule has 5 nitrogen and oxygen atoms in total. The van der Waals surface area contributed by atoms with E-state index in [1.54, 1.807) is 11.4 Å². The Morgan fingerprint density at radius 2 is 1.92 bits per heavy atom. The van der Waals surface area contributed by atoms with Crippen LogP contribution in [0.4, 0.5) is 8.78 Å².